The molecule has 0 unspecified atom stereocenters. The first kappa shape index (κ1) is 87.2. The SMILES string of the molecule is CN(c1ccc(C(=O)Nc2ccc(Cl)c(-c3ccccn3)c2)c(Cl)c1)S(C)(=O)=O.CN1CCN(Cc2ccc(C(=O)Nc3ccc(Cl)c(-c4ccccn4)c3)cc2)C(=O)C1.O=C(Nc1ccc(Cl)c(-c2ccccn2)c1)c1ccc(CN2CCNCC2=O)cc1.O=C(Nc1ccc(Cl)c(-c2ccccn2)c1)c1ccc(CNC2=NCCN2)cc1Cl. The Morgan fingerprint density at radius 1 is 0.442 bits per heavy atom. The van der Waals surface area contributed by atoms with Crippen molar-refractivity contribution in [1.29, 1.82) is 0 Å². The van der Waals surface area contributed by atoms with Crippen LogP contribution >= 0.6 is 69.6 Å². The van der Waals surface area contributed by atoms with E-state index in [2.05, 4.69) is 62.1 Å². The number of guanidine groups is 1. The van der Waals surface area contributed by atoms with Gasteiger partial charge in [0.2, 0.25) is 21.8 Å². The number of likely N-dealkylation sites (N-methyl/N-ethyl adjacent to an activating group) is 1. The molecule has 3 aliphatic rings. The molecular formula is C89H80Cl6N16O8S. The Bertz CT molecular complexity index is 5840. The maximum absolute atomic E-state index is 12.8. The van der Waals surface area contributed by atoms with Crippen LogP contribution in [-0.4, -0.2) is 157 Å². The number of nitrogens with zero attached hydrogens (tertiary/aromatic N) is 9. The number of aromatic nitrogens is 4. The van der Waals surface area contributed by atoms with Gasteiger partial charge in [0.25, 0.3) is 23.6 Å². The first-order valence-corrected chi connectivity index (χ1v) is 41.7. The summed E-state index contributed by atoms with van der Waals surface area (Å²) in [6.07, 6.45) is 7.84. The Labute approximate surface area is 724 Å². The minimum atomic E-state index is -3.43. The van der Waals surface area contributed by atoms with Crippen LogP contribution in [0.5, 0.6) is 0 Å². The van der Waals surface area contributed by atoms with E-state index in [9.17, 15) is 37.2 Å². The summed E-state index contributed by atoms with van der Waals surface area (Å²) in [7, 11) is -0.0764. The van der Waals surface area contributed by atoms with E-state index in [1.54, 1.807) is 128 Å². The highest BCUT2D eigenvalue weighted by molar-refractivity contribution is 7.92. The number of carbonyl (C=O) groups excluding carboxylic acids is 6. The fourth-order valence-corrected chi connectivity index (χ4v) is 14.4. The molecule has 7 N–H and O–H groups in total. The van der Waals surface area contributed by atoms with Crippen LogP contribution in [0.4, 0.5) is 28.4 Å². The molecule has 120 heavy (non-hydrogen) atoms. The molecule has 2 saturated heterocycles. The molecule has 15 rings (SSSR count). The molecule has 0 atom stereocenters. The van der Waals surface area contributed by atoms with Gasteiger partial charge in [0.15, 0.2) is 5.96 Å². The number of carbonyl (C=O) groups is 6. The fraction of sp³-hybridized carbons (Fsp3) is 0.157. The monoisotopic (exact) mass is 1740 g/mol. The van der Waals surface area contributed by atoms with Crippen molar-refractivity contribution >= 4 is 149 Å². The minimum Gasteiger partial charge on any atom is -0.355 e. The first-order valence-electron chi connectivity index (χ1n) is 37.6. The summed E-state index contributed by atoms with van der Waals surface area (Å²) in [5, 5.41) is 23.6. The standard InChI is InChI=1S/C24H23ClN4O2.C23H21ClN4O2.C22H19Cl2N5O.C20H17Cl2N3O3S/c1-28-12-13-29(23(30)16-28)15-17-5-7-18(8-6-17)24(31)27-19-9-10-21(25)20(14-19)22-4-2-3-11-26-22;24-20-9-8-18(13-19(20)21-3-1-2-10-26-21)27-23(30)17-6-4-16(5-7-17)15-28-12-11-25-14-22(28)29;23-18-7-5-15(12-17(18)20-3-1-2-8-25-20)29-21(30)16-6-4-14(11-19(16)24)13-28-22-26-9-10-27-22;1-25(29(2,27)28)14-7-8-15(18(22)12-14)20(26)24-13-6-9-17(21)16(11-13)19-5-3-4-10-23-19/h2-11,14H,12-13,15-16H2,1H3,(H,27,31);1-10,13,25H,11-12,14-15H2,(H,27,30);1-8,11-12H,9-10,13H2,(H,29,30)(H2,26,27,28);3-12H,1-2H3,(H,24,26). The number of rotatable bonds is 20. The van der Waals surface area contributed by atoms with Crippen molar-refractivity contribution in [2.45, 2.75) is 19.6 Å². The smallest absolute Gasteiger partial charge is 0.257 e. The molecule has 0 saturated carbocycles. The Morgan fingerprint density at radius 3 is 1.21 bits per heavy atom. The van der Waals surface area contributed by atoms with Gasteiger partial charge in [0.1, 0.15) is 0 Å². The van der Waals surface area contributed by atoms with Gasteiger partial charge in [0.05, 0.1) is 95.6 Å². The van der Waals surface area contributed by atoms with Gasteiger partial charge < -0.3 is 47.0 Å². The van der Waals surface area contributed by atoms with Gasteiger partial charge in [0, 0.05) is 140 Å². The van der Waals surface area contributed by atoms with E-state index in [1.807, 2.05) is 131 Å². The molecule has 612 valence electrons. The van der Waals surface area contributed by atoms with E-state index in [-0.39, 0.29) is 40.1 Å². The Hall–Kier alpha value is -12.1. The molecule has 2 fully saturated rings. The van der Waals surface area contributed by atoms with Crippen molar-refractivity contribution < 1.29 is 37.2 Å². The zero-order valence-corrected chi connectivity index (χ0v) is 70.3. The van der Waals surface area contributed by atoms with Crippen LogP contribution in [0.1, 0.15) is 58.1 Å². The van der Waals surface area contributed by atoms with E-state index in [0.717, 1.165) is 93.2 Å². The van der Waals surface area contributed by atoms with Crippen LogP contribution in [0.2, 0.25) is 30.1 Å². The van der Waals surface area contributed by atoms with E-state index in [4.69, 9.17) is 69.6 Å². The molecule has 4 aromatic heterocycles. The second-order valence-electron chi connectivity index (χ2n) is 27.6. The lowest BCUT2D eigenvalue weighted by Crippen LogP contribution is -2.48. The van der Waals surface area contributed by atoms with E-state index in [0.29, 0.717) is 127 Å². The Kier molecular flexibility index (Phi) is 30.2. The maximum Gasteiger partial charge on any atom is 0.257 e. The summed E-state index contributed by atoms with van der Waals surface area (Å²) < 4.78 is 24.4. The number of sulfonamides is 1. The van der Waals surface area contributed by atoms with Crippen molar-refractivity contribution in [2.75, 3.05) is 98.3 Å². The third-order valence-electron chi connectivity index (χ3n) is 19.0. The predicted octanol–water partition coefficient (Wildman–Crippen LogP) is 16.6. The van der Waals surface area contributed by atoms with Crippen molar-refractivity contribution in [3.05, 3.63) is 324 Å². The second-order valence-corrected chi connectivity index (χ2v) is 32.1. The molecular weight excluding hydrogens is 1670 g/mol. The number of hydrogen-bond acceptors (Lipinski definition) is 17. The molecule has 0 spiro atoms. The summed E-state index contributed by atoms with van der Waals surface area (Å²) in [5.41, 5.74) is 13.2. The Balaban J connectivity index is 0.000000147. The lowest BCUT2D eigenvalue weighted by atomic mass is 10.1. The lowest BCUT2D eigenvalue weighted by molar-refractivity contribution is -0.136. The van der Waals surface area contributed by atoms with E-state index in [1.165, 1.54) is 25.2 Å². The van der Waals surface area contributed by atoms with E-state index < -0.39 is 15.9 Å². The van der Waals surface area contributed by atoms with Gasteiger partial charge >= 0.3 is 0 Å². The summed E-state index contributed by atoms with van der Waals surface area (Å²) in [5.74, 6) is -0.157. The number of nitrogens with one attached hydrogen (secondary N) is 7. The van der Waals surface area contributed by atoms with Gasteiger partial charge in [-0.15, -0.1) is 0 Å². The molecule has 12 aromatic rings. The molecule has 0 radical (unpaired) electrons. The highest BCUT2D eigenvalue weighted by Crippen LogP contribution is 2.35. The molecule has 3 aliphatic heterocycles. The number of piperazine rings is 2. The van der Waals surface area contributed by atoms with Crippen LogP contribution in [0.3, 0.4) is 0 Å². The van der Waals surface area contributed by atoms with Crippen molar-refractivity contribution in [1.82, 2.24) is 50.6 Å². The van der Waals surface area contributed by atoms with Crippen LogP contribution in [-0.2, 0) is 39.2 Å². The lowest BCUT2D eigenvalue weighted by Gasteiger charge is -2.32. The highest BCUT2D eigenvalue weighted by atomic mass is 35.5. The average Bonchev–Trinajstić information content (AvgIpc) is 0.844. The number of pyridine rings is 4. The van der Waals surface area contributed by atoms with Crippen LogP contribution in [0.25, 0.3) is 45.0 Å². The summed E-state index contributed by atoms with van der Waals surface area (Å²) >= 11 is 37.8. The topological polar surface area (TPSA) is 298 Å². The van der Waals surface area contributed by atoms with Crippen LogP contribution < -0.4 is 41.5 Å². The third kappa shape index (κ3) is 24.1. The minimum absolute atomic E-state index is 0.0921. The zero-order chi connectivity index (χ0) is 84.8. The maximum atomic E-state index is 12.8. The normalized spacial score (nSPS) is 13.1. The molecule has 8 aromatic carbocycles. The zero-order valence-electron chi connectivity index (χ0n) is 65.0. The van der Waals surface area contributed by atoms with Crippen LogP contribution in [0.15, 0.2) is 260 Å². The molecule has 7 heterocycles. The number of aliphatic imine (C=N–C) groups is 1. The predicted molar refractivity (Wildman–Crippen MR) is 478 cm³/mol. The van der Waals surface area contributed by atoms with Gasteiger partial charge in [-0.3, -0.25) is 62.9 Å². The van der Waals surface area contributed by atoms with Gasteiger partial charge in [-0.2, -0.15) is 0 Å². The third-order valence-corrected chi connectivity index (χ3v) is 22.2. The first-order chi connectivity index (χ1) is 57.8. The van der Waals surface area contributed by atoms with Gasteiger partial charge in [-0.25, -0.2) is 8.42 Å². The largest absolute Gasteiger partial charge is 0.355 e. The molecule has 0 bridgehead atoms. The average molecular weight is 1750 g/mol. The molecule has 0 aliphatic carbocycles. The number of amides is 6. The van der Waals surface area contributed by atoms with Gasteiger partial charge in [-0.1, -0.05) is 124 Å². The number of halogens is 6. The summed E-state index contributed by atoms with van der Waals surface area (Å²) in [6, 6.07) is 67.7. The quantitative estimate of drug-likeness (QED) is 0.0373. The molecule has 6 amide bonds. The van der Waals surface area contributed by atoms with Gasteiger partial charge in [-0.05, 0) is 200 Å². The number of anilines is 5. The van der Waals surface area contributed by atoms with Crippen molar-refractivity contribution in [3.8, 4) is 45.0 Å². The number of hydrogen-bond donors (Lipinski definition) is 7. The fourth-order valence-electron chi connectivity index (χ4n) is 12.5. The van der Waals surface area contributed by atoms with E-state index >= 15 is 0 Å². The highest BCUT2D eigenvalue weighted by Gasteiger charge is 2.24. The molecule has 31 heteroatoms. The van der Waals surface area contributed by atoms with Crippen LogP contribution in [0, 0.1) is 0 Å². The number of benzene rings is 8. The van der Waals surface area contributed by atoms with Crippen molar-refractivity contribution in [3.63, 3.8) is 0 Å². The Morgan fingerprint density at radius 2 is 0.842 bits per heavy atom. The summed E-state index contributed by atoms with van der Waals surface area (Å²) in [4.78, 5) is 102. The second kappa shape index (κ2) is 41.5. The van der Waals surface area contributed by atoms with Crippen molar-refractivity contribution in [2.24, 2.45) is 4.99 Å². The molecule has 24 nitrogen and oxygen atoms in total. The summed E-state index contributed by atoms with van der Waals surface area (Å²) in [6.45, 7) is 7.18.